The van der Waals surface area contributed by atoms with Crippen LogP contribution >= 0.6 is 0 Å². The summed E-state index contributed by atoms with van der Waals surface area (Å²) >= 11 is 0. The van der Waals surface area contributed by atoms with E-state index in [1.165, 1.54) is 6.07 Å². The molecule has 0 saturated carbocycles. The van der Waals surface area contributed by atoms with Gasteiger partial charge in [-0.3, -0.25) is 10.1 Å². The van der Waals surface area contributed by atoms with Crippen LogP contribution in [0.25, 0.3) is 0 Å². The number of nitrogens with one attached hydrogen (secondary N) is 1. The molecular formula is C18H14N2O6. The maximum Gasteiger partial charge on any atom is 0.408 e. The van der Waals surface area contributed by atoms with Gasteiger partial charge in [0.2, 0.25) is 0 Å². The summed E-state index contributed by atoms with van der Waals surface area (Å²) in [6, 6.07) is 12.5. The third-order valence-corrected chi connectivity index (χ3v) is 3.20. The van der Waals surface area contributed by atoms with E-state index >= 15 is 0 Å². The number of carbonyl (C=O) groups excluding carboxylic acids is 1. The Morgan fingerprint density at radius 3 is 2.58 bits per heavy atom. The summed E-state index contributed by atoms with van der Waals surface area (Å²) in [7, 11) is 0. The number of alkyl carbamates (subject to hydrolysis) is 1. The number of nitro groups is 1. The molecule has 0 aliphatic rings. The van der Waals surface area contributed by atoms with Gasteiger partial charge in [0, 0.05) is 17.7 Å². The van der Waals surface area contributed by atoms with E-state index in [0.29, 0.717) is 0 Å². The van der Waals surface area contributed by atoms with Crippen molar-refractivity contribution in [3.63, 3.8) is 0 Å². The molecule has 2 aromatic rings. The number of nitro benzene ring substituents is 1. The number of carboxylic acids is 1. The summed E-state index contributed by atoms with van der Waals surface area (Å²) < 4.78 is 5.00. The summed E-state index contributed by atoms with van der Waals surface area (Å²) in [5.41, 5.74) is 0.335. The Bertz CT molecular complexity index is 884. The van der Waals surface area contributed by atoms with Crippen LogP contribution < -0.4 is 5.32 Å². The molecule has 0 saturated heterocycles. The predicted octanol–water partition coefficient (Wildman–Crippen LogP) is 2.57. The molecule has 132 valence electrons. The van der Waals surface area contributed by atoms with Crippen LogP contribution in [-0.4, -0.2) is 28.6 Å². The largest absolute Gasteiger partial charge is 0.478 e. The second-order valence-corrected chi connectivity index (χ2v) is 5.01. The van der Waals surface area contributed by atoms with Crippen LogP contribution in [0, 0.1) is 22.0 Å². The topological polar surface area (TPSA) is 119 Å². The summed E-state index contributed by atoms with van der Waals surface area (Å²) in [6.07, 6.45) is -0.662. The van der Waals surface area contributed by atoms with Gasteiger partial charge in [-0.05, 0) is 11.6 Å². The molecule has 0 spiro atoms. The Morgan fingerprint density at radius 1 is 1.19 bits per heavy atom. The van der Waals surface area contributed by atoms with Crippen molar-refractivity contribution in [3.8, 4) is 11.8 Å². The van der Waals surface area contributed by atoms with Gasteiger partial charge in [0.1, 0.15) is 6.61 Å². The normalized spacial score (nSPS) is 9.54. The number of amides is 1. The second-order valence-electron chi connectivity index (χ2n) is 5.01. The standard InChI is InChI=1S/C18H14N2O6/c21-17(22)16-11-15(20(24)25)9-8-14(16)7-4-10-19-18(23)26-12-13-5-2-1-3-6-13/h1-3,5-6,8-9,11H,10,12H2,(H,19,23)(H,21,22). The van der Waals surface area contributed by atoms with Crippen molar-refractivity contribution in [1.29, 1.82) is 0 Å². The minimum Gasteiger partial charge on any atom is -0.478 e. The lowest BCUT2D eigenvalue weighted by Crippen LogP contribution is -2.24. The lowest BCUT2D eigenvalue weighted by atomic mass is 10.1. The molecule has 0 atom stereocenters. The molecule has 1 amide bonds. The van der Waals surface area contributed by atoms with Crippen molar-refractivity contribution in [2.75, 3.05) is 6.54 Å². The molecule has 2 rings (SSSR count). The highest BCUT2D eigenvalue weighted by molar-refractivity contribution is 5.91. The smallest absolute Gasteiger partial charge is 0.408 e. The fraction of sp³-hybridized carbons (Fsp3) is 0.111. The molecule has 8 nitrogen and oxygen atoms in total. The monoisotopic (exact) mass is 354 g/mol. The molecule has 2 N–H and O–H groups in total. The molecule has 0 heterocycles. The summed E-state index contributed by atoms with van der Waals surface area (Å²) in [5.74, 6) is 3.82. The van der Waals surface area contributed by atoms with Crippen molar-refractivity contribution in [2.24, 2.45) is 0 Å². The quantitative estimate of drug-likeness (QED) is 0.484. The van der Waals surface area contributed by atoms with Crippen LogP contribution in [-0.2, 0) is 11.3 Å². The van der Waals surface area contributed by atoms with E-state index in [4.69, 9.17) is 9.84 Å². The average molecular weight is 354 g/mol. The van der Waals surface area contributed by atoms with E-state index in [1.807, 2.05) is 30.3 Å². The van der Waals surface area contributed by atoms with Crippen molar-refractivity contribution in [2.45, 2.75) is 6.61 Å². The molecule has 0 bridgehead atoms. The summed E-state index contributed by atoms with van der Waals surface area (Å²) in [6.45, 7) is 0.0509. The van der Waals surface area contributed by atoms with Crippen molar-refractivity contribution in [1.82, 2.24) is 5.32 Å². The van der Waals surface area contributed by atoms with Crippen LogP contribution in [0.4, 0.5) is 10.5 Å². The molecule has 26 heavy (non-hydrogen) atoms. The predicted molar refractivity (Wildman–Crippen MR) is 91.6 cm³/mol. The van der Waals surface area contributed by atoms with E-state index in [1.54, 1.807) is 0 Å². The van der Waals surface area contributed by atoms with Gasteiger partial charge in [0.15, 0.2) is 0 Å². The van der Waals surface area contributed by atoms with Crippen LogP contribution in [0.5, 0.6) is 0 Å². The van der Waals surface area contributed by atoms with Gasteiger partial charge >= 0.3 is 12.1 Å². The lowest BCUT2D eigenvalue weighted by Gasteiger charge is -2.04. The first-order valence-electron chi connectivity index (χ1n) is 7.42. The van der Waals surface area contributed by atoms with Gasteiger partial charge in [0.25, 0.3) is 5.69 Å². The number of nitrogens with zero attached hydrogens (tertiary/aromatic N) is 1. The van der Waals surface area contributed by atoms with Gasteiger partial charge in [-0.25, -0.2) is 9.59 Å². The SMILES string of the molecule is O=C(NCC#Cc1ccc([N+](=O)[O-])cc1C(=O)O)OCc1ccccc1. The first kappa shape index (κ1) is 18.5. The third-order valence-electron chi connectivity index (χ3n) is 3.20. The van der Waals surface area contributed by atoms with Gasteiger partial charge in [0.05, 0.1) is 17.0 Å². The number of aromatic carboxylic acids is 1. The maximum absolute atomic E-state index is 11.6. The summed E-state index contributed by atoms with van der Waals surface area (Å²) in [4.78, 5) is 32.7. The van der Waals surface area contributed by atoms with Gasteiger partial charge in [-0.1, -0.05) is 42.2 Å². The number of benzene rings is 2. The number of carboxylic acid groups (broad SMARTS) is 1. The molecule has 0 aliphatic carbocycles. The number of hydrogen-bond donors (Lipinski definition) is 2. The zero-order valence-corrected chi connectivity index (χ0v) is 13.5. The van der Waals surface area contributed by atoms with Gasteiger partial charge in [-0.2, -0.15) is 0 Å². The van der Waals surface area contributed by atoms with Gasteiger partial charge in [-0.15, -0.1) is 0 Å². The van der Waals surface area contributed by atoms with E-state index in [9.17, 15) is 19.7 Å². The fourth-order valence-corrected chi connectivity index (χ4v) is 1.96. The lowest BCUT2D eigenvalue weighted by molar-refractivity contribution is -0.384. The fourth-order valence-electron chi connectivity index (χ4n) is 1.96. The van der Waals surface area contributed by atoms with Crippen molar-refractivity contribution in [3.05, 3.63) is 75.3 Å². The second kappa shape index (κ2) is 8.84. The third kappa shape index (κ3) is 5.35. The molecule has 0 aromatic heterocycles. The highest BCUT2D eigenvalue weighted by Crippen LogP contribution is 2.17. The molecule has 0 unspecified atom stereocenters. The zero-order valence-electron chi connectivity index (χ0n) is 13.5. The zero-order chi connectivity index (χ0) is 18.9. The Balaban J connectivity index is 1.92. The first-order chi connectivity index (χ1) is 12.5. The maximum atomic E-state index is 11.6. The average Bonchev–Trinajstić information content (AvgIpc) is 2.64. The molecule has 0 aliphatic heterocycles. The van der Waals surface area contributed by atoms with Crippen LogP contribution in [0.1, 0.15) is 21.5 Å². The van der Waals surface area contributed by atoms with Crippen LogP contribution in [0.15, 0.2) is 48.5 Å². The minimum absolute atomic E-state index is 0.0658. The number of ether oxygens (including phenoxy) is 1. The summed E-state index contributed by atoms with van der Waals surface area (Å²) in [5, 5.41) is 22.2. The molecule has 0 fully saturated rings. The highest BCUT2D eigenvalue weighted by atomic mass is 16.6. The van der Waals surface area contributed by atoms with Crippen LogP contribution in [0.3, 0.4) is 0 Å². The highest BCUT2D eigenvalue weighted by Gasteiger charge is 2.14. The minimum atomic E-state index is -1.33. The van der Waals surface area contributed by atoms with Crippen LogP contribution in [0.2, 0.25) is 0 Å². The Labute approximate surface area is 148 Å². The first-order valence-corrected chi connectivity index (χ1v) is 7.42. The van der Waals surface area contributed by atoms with Crippen molar-refractivity contribution >= 4 is 17.7 Å². The Morgan fingerprint density at radius 2 is 1.92 bits per heavy atom. The number of rotatable bonds is 5. The molecule has 0 radical (unpaired) electrons. The number of carbonyl (C=O) groups is 2. The molecule has 2 aromatic carbocycles. The van der Waals surface area contributed by atoms with E-state index in [0.717, 1.165) is 17.7 Å². The Hall–Kier alpha value is -3.86. The van der Waals surface area contributed by atoms with E-state index in [2.05, 4.69) is 17.2 Å². The van der Waals surface area contributed by atoms with E-state index < -0.39 is 17.0 Å². The number of non-ortho nitro benzene ring substituents is 1. The van der Waals surface area contributed by atoms with Gasteiger partial charge < -0.3 is 15.2 Å². The Kier molecular flexibility index (Phi) is 6.28. The van der Waals surface area contributed by atoms with Crippen molar-refractivity contribution < 1.29 is 24.4 Å². The number of hydrogen-bond acceptors (Lipinski definition) is 5. The molecule has 8 heteroatoms. The molecular weight excluding hydrogens is 340 g/mol. The van der Waals surface area contributed by atoms with E-state index in [-0.39, 0.29) is 30.0 Å².